The number of hydrogen-bond donors (Lipinski definition) is 1. The van der Waals surface area contributed by atoms with Gasteiger partial charge in [0.25, 0.3) is 0 Å². The molecule has 0 radical (unpaired) electrons. The predicted octanol–water partition coefficient (Wildman–Crippen LogP) is 5.24. The quantitative estimate of drug-likeness (QED) is 0.751. The van der Waals surface area contributed by atoms with Crippen LogP contribution in [0.4, 0.5) is 4.39 Å². The Kier molecular flexibility index (Phi) is 5.95. The maximum atomic E-state index is 14.3. The topological polar surface area (TPSA) is 12.0 Å². The molecule has 0 amide bonds. The van der Waals surface area contributed by atoms with Gasteiger partial charge in [-0.15, -0.1) is 0 Å². The number of halogens is 2. The van der Waals surface area contributed by atoms with E-state index < -0.39 is 0 Å². The van der Waals surface area contributed by atoms with Crippen molar-refractivity contribution in [2.45, 2.75) is 32.7 Å². The molecule has 1 atom stereocenters. The molecule has 0 heterocycles. The molecule has 2 aromatic rings. The largest absolute Gasteiger partial charge is 0.306 e. The Morgan fingerprint density at radius 3 is 2.57 bits per heavy atom. The highest BCUT2D eigenvalue weighted by Crippen LogP contribution is 2.31. The van der Waals surface area contributed by atoms with E-state index >= 15 is 0 Å². The molecule has 0 aliphatic heterocycles. The molecule has 1 unspecified atom stereocenters. The predicted molar refractivity (Wildman–Crippen MR) is 90.1 cm³/mol. The summed E-state index contributed by atoms with van der Waals surface area (Å²) in [6, 6.07) is 13.4. The van der Waals surface area contributed by atoms with Gasteiger partial charge in [0, 0.05) is 10.0 Å². The highest BCUT2D eigenvalue weighted by Gasteiger charge is 2.20. The fourth-order valence-corrected chi connectivity index (χ4v) is 3.03. The highest BCUT2D eigenvalue weighted by atomic mass is 79.9. The van der Waals surface area contributed by atoms with Gasteiger partial charge in [0.15, 0.2) is 0 Å². The van der Waals surface area contributed by atoms with E-state index in [1.807, 2.05) is 12.1 Å². The van der Waals surface area contributed by atoms with Crippen LogP contribution >= 0.6 is 15.9 Å². The molecule has 0 bridgehead atoms. The SMILES string of the molecule is CCCNC(c1cccc(CC)c1)c1c(F)cccc1Br. The van der Waals surface area contributed by atoms with Crippen LogP contribution in [0.25, 0.3) is 0 Å². The molecule has 0 aromatic heterocycles. The summed E-state index contributed by atoms with van der Waals surface area (Å²) in [5.74, 6) is -0.181. The molecule has 2 aromatic carbocycles. The standard InChI is InChI=1S/C18H21BrFN/c1-3-11-21-18(14-8-5-7-13(4-2)12-14)17-15(19)9-6-10-16(17)20/h5-10,12,18,21H,3-4,11H2,1-2H3. The number of hydrogen-bond acceptors (Lipinski definition) is 1. The first-order valence-electron chi connectivity index (χ1n) is 7.43. The third-order valence-corrected chi connectivity index (χ3v) is 4.27. The average molecular weight is 350 g/mol. The van der Waals surface area contributed by atoms with E-state index in [9.17, 15) is 4.39 Å². The normalized spacial score (nSPS) is 12.4. The van der Waals surface area contributed by atoms with Gasteiger partial charge in [-0.25, -0.2) is 4.39 Å². The van der Waals surface area contributed by atoms with Crippen LogP contribution in [-0.2, 0) is 6.42 Å². The molecule has 0 aliphatic carbocycles. The van der Waals surface area contributed by atoms with Crippen molar-refractivity contribution < 1.29 is 4.39 Å². The highest BCUT2D eigenvalue weighted by molar-refractivity contribution is 9.10. The monoisotopic (exact) mass is 349 g/mol. The van der Waals surface area contributed by atoms with Crippen LogP contribution in [0.5, 0.6) is 0 Å². The molecule has 0 spiro atoms. The zero-order valence-electron chi connectivity index (χ0n) is 12.5. The Balaban J connectivity index is 2.47. The van der Waals surface area contributed by atoms with Crippen LogP contribution < -0.4 is 5.32 Å². The summed E-state index contributed by atoms with van der Waals surface area (Å²) in [6.07, 6.45) is 1.99. The Morgan fingerprint density at radius 2 is 1.90 bits per heavy atom. The Bertz CT molecular complexity index is 577. The summed E-state index contributed by atoms with van der Waals surface area (Å²) in [7, 11) is 0. The summed E-state index contributed by atoms with van der Waals surface area (Å²) < 4.78 is 15.1. The van der Waals surface area contributed by atoms with E-state index in [2.05, 4.69) is 53.3 Å². The second kappa shape index (κ2) is 7.71. The number of rotatable bonds is 6. The van der Waals surface area contributed by atoms with E-state index in [4.69, 9.17) is 0 Å². The first-order valence-corrected chi connectivity index (χ1v) is 8.22. The van der Waals surface area contributed by atoms with Crippen molar-refractivity contribution in [2.75, 3.05) is 6.54 Å². The molecule has 0 aliphatic rings. The number of benzene rings is 2. The molecule has 0 saturated carbocycles. The molecule has 112 valence electrons. The fourth-order valence-electron chi connectivity index (χ4n) is 2.45. The van der Waals surface area contributed by atoms with Gasteiger partial charge >= 0.3 is 0 Å². The number of nitrogens with one attached hydrogen (secondary N) is 1. The van der Waals surface area contributed by atoms with Crippen molar-refractivity contribution in [1.82, 2.24) is 5.32 Å². The van der Waals surface area contributed by atoms with Crippen molar-refractivity contribution in [3.05, 3.63) is 69.4 Å². The van der Waals surface area contributed by atoms with Crippen molar-refractivity contribution >= 4 is 15.9 Å². The van der Waals surface area contributed by atoms with Gasteiger partial charge < -0.3 is 5.32 Å². The maximum absolute atomic E-state index is 14.3. The van der Waals surface area contributed by atoms with Crippen LogP contribution in [0, 0.1) is 5.82 Å². The van der Waals surface area contributed by atoms with E-state index in [1.165, 1.54) is 11.6 Å². The molecule has 3 heteroatoms. The van der Waals surface area contributed by atoms with Gasteiger partial charge in [0.05, 0.1) is 6.04 Å². The molecule has 21 heavy (non-hydrogen) atoms. The van der Waals surface area contributed by atoms with Gasteiger partial charge in [0.1, 0.15) is 5.82 Å². The summed E-state index contributed by atoms with van der Waals surface area (Å²) in [5, 5.41) is 3.46. The zero-order chi connectivity index (χ0) is 15.2. The van der Waals surface area contributed by atoms with Crippen LogP contribution in [0.3, 0.4) is 0 Å². The van der Waals surface area contributed by atoms with E-state index in [1.54, 1.807) is 6.07 Å². The Hall–Kier alpha value is -1.19. The summed E-state index contributed by atoms with van der Waals surface area (Å²) in [5.41, 5.74) is 3.05. The van der Waals surface area contributed by atoms with E-state index in [-0.39, 0.29) is 11.9 Å². The zero-order valence-corrected chi connectivity index (χ0v) is 14.1. The first-order chi connectivity index (χ1) is 10.2. The minimum absolute atomic E-state index is 0.132. The molecular weight excluding hydrogens is 329 g/mol. The lowest BCUT2D eigenvalue weighted by molar-refractivity contribution is 0.544. The fraction of sp³-hybridized carbons (Fsp3) is 0.333. The lowest BCUT2D eigenvalue weighted by Crippen LogP contribution is -2.24. The van der Waals surface area contributed by atoms with Crippen molar-refractivity contribution in [3.63, 3.8) is 0 Å². The summed E-state index contributed by atoms with van der Waals surface area (Å²) >= 11 is 3.49. The van der Waals surface area contributed by atoms with Crippen molar-refractivity contribution in [1.29, 1.82) is 0 Å². The van der Waals surface area contributed by atoms with Gasteiger partial charge in [-0.3, -0.25) is 0 Å². The maximum Gasteiger partial charge on any atom is 0.129 e. The Morgan fingerprint density at radius 1 is 1.14 bits per heavy atom. The second-order valence-corrected chi connectivity index (χ2v) is 5.98. The van der Waals surface area contributed by atoms with Gasteiger partial charge in [0.2, 0.25) is 0 Å². The summed E-state index contributed by atoms with van der Waals surface area (Å²) in [6.45, 7) is 5.09. The third kappa shape index (κ3) is 3.92. The molecule has 2 rings (SSSR count). The van der Waals surface area contributed by atoms with Gasteiger partial charge in [-0.1, -0.05) is 60.1 Å². The smallest absolute Gasteiger partial charge is 0.129 e. The van der Waals surface area contributed by atoms with Crippen LogP contribution in [-0.4, -0.2) is 6.54 Å². The van der Waals surface area contributed by atoms with Crippen LogP contribution in [0.2, 0.25) is 0 Å². The van der Waals surface area contributed by atoms with Crippen LogP contribution in [0.1, 0.15) is 43.0 Å². The lowest BCUT2D eigenvalue weighted by atomic mass is 9.96. The average Bonchev–Trinajstić information content (AvgIpc) is 2.50. The Labute approximate surface area is 134 Å². The second-order valence-electron chi connectivity index (χ2n) is 5.12. The molecule has 0 fully saturated rings. The van der Waals surface area contributed by atoms with E-state index in [0.717, 1.165) is 29.4 Å². The molecular formula is C18H21BrFN. The summed E-state index contributed by atoms with van der Waals surface area (Å²) in [4.78, 5) is 0. The van der Waals surface area contributed by atoms with Crippen LogP contribution in [0.15, 0.2) is 46.9 Å². The van der Waals surface area contributed by atoms with Gasteiger partial charge in [-0.05, 0) is 42.6 Å². The van der Waals surface area contributed by atoms with E-state index in [0.29, 0.717) is 5.56 Å². The molecule has 1 nitrogen and oxygen atoms in total. The molecule has 1 N–H and O–H groups in total. The minimum Gasteiger partial charge on any atom is -0.306 e. The third-order valence-electron chi connectivity index (χ3n) is 3.58. The molecule has 0 saturated heterocycles. The number of aryl methyl sites for hydroxylation is 1. The lowest BCUT2D eigenvalue weighted by Gasteiger charge is -2.22. The van der Waals surface area contributed by atoms with Gasteiger partial charge in [-0.2, -0.15) is 0 Å². The van der Waals surface area contributed by atoms with Crippen molar-refractivity contribution in [3.8, 4) is 0 Å². The van der Waals surface area contributed by atoms with Crippen molar-refractivity contribution in [2.24, 2.45) is 0 Å². The minimum atomic E-state index is -0.181. The first kappa shape index (κ1) is 16.2.